The Bertz CT molecular complexity index is 571. The van der Waals surface area contributed by atoms with Gasteiger partial charge in [0, 0.05) is 59.3 Å². The summed E-state index contributed by atoms with van der Waals surface area (Å²) in [6.07, 6.45) is 7.00. The number of piperazine rings is 1. The lowest BCUT2D eigenvalue weighted by molar-refractivity contribution is -0.138. The summed E-state index contributed by atoms with van der Waals surface area (Å²) in [5.41, 5.74) is 0. The Morgan fingerprint density at radius 3 is 2.45 bits per heavy atom. The average Bonchev–Trinajstić information content (AvgIpc) is 3.38. The molecule has 164 valence electrons. The van der Waals surface area contributed by atoms with Gasteiger partial charge in [-0.2, -0.15) is 0 Å². The molecule has 0 aromatic carbocycles. The van der Waals surface area contributed by atoms with E-state index < -0.39 is 0 Å². The third-order valence-electron chi connectivity index (χ3n) is 6.52. The van der Waals surface area contributed by atoms with Crippen molar-refractivity contribution in [2.24, 2.45) is 5.92 Å². The van der Waals surface area contributed by atoms with Crippen LogP contribution in [0.4, 0.5) is 0 Å². The predicted molar refractivity (Wildman–Crippen MR) is 109 cm³/mol. The second-order valence-corrected chi connectivity index (χ2v) is 8.47. The van der Waals surface area contributed by atoms with Gasteiger partial charge in [0.05, 0.1) is 6.04 Å². The standard InChI is InChI=1S/C21H36N4O4/c1-29-16-19(27)24-12-14-25(15-13-24)20(17-6-2-3-7-17)21(28)22-9-5-11-23-10-4-8-18(23)26/h17,20H,2-16H2,1H3,(H,22,28). The van der Waals surface area contributed by atoms with Crippen LogP contribution in [-0.4, -0.2) is 98.0 Å². The zero-order valence-corrected chi connectivity index (χ0v) is 17.7. The lowest BCUT2D eigenvalue weighted by atomic mass is 9.95. The average molecular weight is 409 g/mol. The minimum absolute atomic E-state index is 0.0190. The summed E-state index contributed by atoms with van der Waals surface area (Å²) in [6.45, 7) is 5.06. The third kappa shape index (κ3) is 5.92. The molecular weight excluding hydrogens is 372 g/mol. The summed E-state index contributed by atoms with van der Waals surface area (Å²) >= 11 is 0. The van der Waals surface area contributed by atoms with Crippen molar-refractivity contribution in [1.29, 1.82) is 0 Å². The molecule has 0 aromatic heterocycles. The Morgan fingerprint density at radius 1 is 1.10 bits per heavy atom. The monoisotopic (exact) mass is 408 g/mol. The molecule has 0 bridgehead atoms. The molecule has 1 aliphatic carbocycles. The zero-order valence-electron chi connectivity index (χ0n) is 17.7. The van der Waals surface area contributed by atoms with Gasteiger partial charge in [-0.25, -0.2) is 0 Å². The van der Waals surface area contributed by atoms with Gasteiger partial charge in [0.15, 0.2) is 0 Å². The molecule has 3 rings (SSSR count). The van der Waals surface area contributed by atoms with Crippen LogP contribution in [0.3, 0.4) is 0 Å². The normalized spacial score (nSPS) is 22.3. The summed E-state index contributed by atoms with van der Waals surface area (Å²) in [7, 11) is 1.54. The number of hydrogen-bond donors (Lipinski definition) is 1. The first-order valence-corrected chi connectivity index (χ1v) is 11.2. The molecule has 0 aromatic rings. The van der Waals surface area contributed by atoms with Gasteiger partial charge in [-0.1, -0.05) is 12.8 Å². The van der Waals surface area contributed by atoms with E-state index in [-0.39, 0.29) is 30.4 Å². The fourth-order valence-electron chi connectivity index (χ4n) is 4.94. The molecule has 2 aliphatic heterocycles. The fraction of sp³-hybridized carbons (Fsp3) is 0.857. The molecule has 8 nitrogen and oxygen atoms in total. The Hall–Kier alpha value is -1.67. The molecule has 1 saturated carbocycles. The van der Waals surface area contributed by atoms with Crippen molar-refractivity contribution in [2.45, 2.75) is 51.0 Å². The van der Waals surface area contributed by atoms with Crippen LogP contribution in [0.5, 0.6) is 0 Å². The van der Waals surface area contributed by atoms with Crippen molar-refractivity contribution in [3.63, 3.8) is 0 Å². The maximum atomic E-state index is 13.1. The number of carbonyl (C=O) groups is 3. The van der Waals surface area contributed by atoms with Crippen LogP contribution in [0.2, 0.25) is 0 Å². The Kier molecular flexibility index (Phi) is 8.29. The van der Waals surface area contributed by atoms with Crippen LogP contribution in [-0.2, 0) is 19.1 Å². The van der Waals surface area contributed by atoms with Crippen LogP contribution in [0.1, 0.15) is 44.9 Å². The molecule has 0 radical (unpaired) electrons. The summed E-state index contributed by atoms with van der Waals surface area (Å²) < 4.78 is 4.96. The van der Waals surface area contributed by atoms with E-state index >= 15 is 0 Å². The summed E-state index contributed by atoms with van der Waals surface area (Å²) in [5, 5.41) is 3.13. The van der Waals surface area contributed by atoms with E-state index in [4.69, 9.17) is 4.74 Å². The molecule has 3 fully saturated rings. The van der Waals surface area contributed by atoms with Crippen LogP contribution in [0.25, 0.3) is 0 Å². The Labute approximate surface area is 173 Å². The van der Waals surface area contributed by atoms with Gasteiger partial charge in [0.2, 0.25) is 17.7 Å². The number of ether oxygens (including phenoxy) is 1. The topological polar surface area (TPSA) is 82.2 Å². The van der Waals surface area contributed by atoms with E-state index in [1.165, 1.54) is 20.0 Å². The fourth-order valence-corrected chi connectivity index (χ4v) is 4.94. The number of nitrogens with zero attached hydrogens (tertiary/aromatic N) is 3. The van der Waals surface area contributed by atoms with Crippen molar-refractivity contribution in [1.82, 2.24) is 20.0 Å². The number of carbonyl (C=O) groups excluding carboxylic acids is 3. The smallest absolute Gasteiger partial charge is 0.248 e. The van der Waals surface area contributed by atoms with E-state index in [1.54, 1.807) is 0 Å². The minimum atomic E-state index is -0.106. The largest absolute Gasteiger partial charge is 0.375 e. The van der Waals surface area contributed by atoms with E-state index in [2.05, 4.69) is 10.2 Å². The molecule has 2 heterocycles. The van der Waals surface area contributed by atoms with Crippen molar-refractivity contribution in [3.05, 3.63) is 0 Å². The van der Waals surface area contributed by atoms with E-state index in [0.29, 0.717) is 32.0 Å². The van der Waals surface area contributed by atoms with Gasteiger partial charge in [-0.15, -0.1) is 0 Å². The number of methoxy groups -OCH3 is 1. The summed E-state index contributed by atoms with van der Waals surface area (Å²) in [5.74, 6) is 0.768. The lowest BCUT2D eigenvalue weighted by Gasteiger charge is -2.40. The van der Waals surface area contributed by atoms with Crippen LogP contribution in [0.15, 0.2) is 0 Å². The van der Waals surface area contributed by atoms with Crippen LogP contribution >= 0.6 is 0 Å². The van der Waals surface area contributed by atoms with E-state index in [0.717, 1.165) is 51.9 Å². The highest BCUT2D eigenvalue weighted by Gasteiger charge is 2.37. The molecule has 0 spiro atoms. The Morgan fingerprint density at radius 2 is 1.83 bits per heavy atom. The van der Waals surface area contributed by atoms with Crippen molar-refractivity contribution >= 4 is 17.7 Å². The first kappa shape index (κ1) is 22.0. The van der Waals surface area contributed by atoms with Gasteiger partial charge in [-0.05, 0) is 31.6 Å². The van der Waals surface area contributed by atoms with E-state index in [9.17, 15) is 14.4 Å². The molecule has 8 heteroatoms. The van der Waals surface area contributed by atoms with Gasteiger partial charge >= 0.3 is 0 Å². The minimum Gasteiger partial charge on any atom is -0.375 e. The number of amides is 3. The highest BCUT2D eigenvalue weighted by atomic mass is 16.5. The molecule has 3 amide bonds. The molecule has 1 atom stereocenters. The van der Waals surface area contributed by atoms with Gasteiger partial charge in [0.25, 0.3) is 0 Å². The van der Waals surface area contributed by atoms with Gasteiger partial charge in [-0.3, -0.25) is 19.3 Å². The molecule has 1 N–H and O–H groups in total. The summed E-state index contributed by atoms with van der Waals surface area (Å²) in [6, 6.07) is -0.106. The molecule has 1 unspecified atom stereocenters. The molecular formula is C21H36N4O4. The maximum absolute atomic E-state index is 13.1. The second kappa shape index (κ2) is 10.9. The number of nitrogens with one attached hydrogen (secondary N) is 1. The van der Waals surface area contributed by atoms with E-state index in [1.807, 2.05) is 9.80 Å². The van der Waals surface area contributed by atoms with Crippen LogP contribution < -0.4 is 5.32 Å². The number of likely N-dealkylation sites (tertiary alicyclic amines) is 1. The SMILES string of the molecule is COCC(=O)N1CCN(C(C(=O)NCCCN2CCCC2=O)C2CCCC2)CC1. The van der Waals surface area contributed by atoms with Gasteiger partial charge in [0.1, 0.15) is 6.61 Å². The van der Waals surface area contributed by atoms with Crippen LogP contribution in [0, 0.1) is 5.92 Å². The van der Waals surface area contributed by atoms with Crippen molar-refractivity contribution in [2.75, 3.05) is 59.5 Å². The molecule has 3 aliphatic rings. The van der Waals surface area contributed by atoms with Crippen molar-refractivity contribution in [3.8, 4) is 0 Å². The highest BCUT2D eigenvalue weighted by molar-refractivity contribution is 5.82. The second-order valence-electron chi connectivity index (χ2n) is 8.47. The first-order valence-electron chi connectivity index (χ1n) is 11.2. The molecule has 2 saturated heterocycles. The first-order chi connectivity index (χ1) is 14.1. The maximum Gasteiger partial charge on any atom is 0.248 e. The lowest BCUT2D eigenvalue weighted by Crippen LogP contribution is -2.58. The Balaban J connectivity index is 1.48. The number of rotatable bonds is 9. The number of hydrogen-bond acceptors (Lipinski definition) is 5. The predicted octanol–water partition coefficient (Wildman–Crippen LogP) is 0.465. The zero-order chi connectivity index (χ0) is 20.6. The van der Waals surface area contributed by atoms with Gasteiger partial charge < -0.3 is 19.9 Å². The summed E-state index contributed by atoms with van der Waals surface area (Å²) in [4.78, 5) is 42.8. The van der Waals surface area contributed by atoms with Crippen molar-refractivity contribution < 1.29 is 19.1 Å². The third-order valence-corrected chi connectivity index (χ3v) is 6.52. The highest BCUT2D eigenvalue weighted by Crippen LogP contribution is 2.31. The quantitative estimate of drug-likeness (QED) is 0.561. The molecule has 29 heavy (non-hydrogen) atoms.